The lowest BCUT2D eigenvalue weighted by atomic mass is 10.1. The van der Waals surface area contributed by atoms with Gasteiger partial charge in [-0.1, -0.05) is 5.16 Å². The summed E-state index contributed by atoms with van der Waals surface area (Å²) in [5, 5.41) is 4.13. The van der Waals surface area contributed by atoms with E-state index in [1.54, 1.807) is 18.7 Å². The maximum atomic E-state index is 11.4. The molecular weight excluding hydrogens is 384 g/mol. The van der Waals surface area contributed by atoms with Crippen molar-refractivity contribution in [3.05, 3.63) is 60.0 Å². The van der Waals surface area contributed by atoms with Crippen LogP contribution in [0.4, 0.5) is 5.69 Å². The Labute approximate surface area is 174 Å². The number of ketones is 1. The van der Waals surface area contributed by atoms with Crippen molar-refractivity contribution in [1.82, 2.24) is 15.0 Å². The molecule has 0 radical (unpaired) electrons. The van der Waals surface area contributed by atoms with Crippen molar-refractivity contribution >= 4 is 23.2 Å². The van der Waals surface area contributed by atoms with Crippen LogP contribution in [-0.4, -0.2) is 53.3 Å². The lowest BCUT2D eigenvalue weighted by molar-refractivity contribution is 0.101. The van der Waals surface area contributed by atoms with Gasteiger partial charge in [-0.25, -0.2) is 0 Å². The summed E-state index contributed by atoms with van der Waals surface area (Å²) in [6.07, 6.45) is 2.06. The molecule has 4 rings (SSSR count). The first-order chi connectivity index (χ1) is 14.1. The van der Waals surface area contributed by atoms with Gasteiger partial charge in [-0.2, -0.15) is 4.98 Å². The van der Waals surface area contributed by atoms with Crippen molar-refractivity contribution in [2.45, 2.75) is 18.4 Å². The number of piperazine rings is 1. The van der Waals surface area contributed by atoms with Crippen molar-refractivity contribution in [2.75, 3.05) is 37.3 Å². The summed E-state index contributed by atoms with van der Waals surface area (Å²) in [7, 11) is 0. The molecule has 0 saturated carbocycles. The number of anilines is 1. The van der Waals surface area contributed by atoms with Gasteiger partial charge in [0.25, 0.3) is 0 Å². The first-order valence-electron chi connectivity index (χ1n) is 9.68. The highest BCUT2D eigenvalue weighted by Gasteiger charge is 2.20. The third kappa shape index (κ3) is 4.68. The summed E-state index contributed by atoms with van der Waals surface area (Å²) in [6.45, 7) is 5.96. The van der Waals surface area contributed by atoms with Crippen molar-refractivity contribution in [3.63, 3.8) is 0 Å². The van der Waals surface area contributed by atoms with Gasteiger partial charge >= 0.3 is 0 Å². The molecule has 0 N–H and O–H groups in total. The van der Waals surface area contributed by atoms with E-state index in [2.05, 4.69) is 38.3 Å². The number of carbonyl (C=O) groups excluding carboxylic acids is 1. The van der Waals surface area contributed by atoms with Crippen molar-refractivity contribution in [3.8, 4) is 11.4 Å². The monoisotopic (exact) mass is 408 g/mol. The van der Waals surface area contributed by atoms with Gasteiger partial charge in [-0.3, -0.25) is 9.69 Å². The fourth-order valence-corrected chi connectivity index (χ4v) is 3.85. The molecule has 29 heavy (non-hydrogen) atoms. The Hall–Kier alpha value is -2.64. The van der Waals surface area contributed by atoms with E-state index in [-0.39, 0.29) is 5.78 Å². The smallest absolute Gasteiger partial charge is 0.241 e. The van der Waals surface area contributed by atoms with E-state index in [0.717, 1.165) is 43.0 Å². The molecule has 0 amide bonds. The molecule has 7 heteroatoms. The Morgan fingerprint density at radius 2 is 1.72 bits per heavy atom. The van der Waals surface area contributed by atoms with Gasteiger partial charge in [-0.05, 0) is 61.7 Å². The van der Waals surface area contributed by atoms with Gasteiger partial charge in [0.1, 0.15) is 0 Å². The number of rotatable bonds is 6. The van der Waals surface area contributed by atoms with Crippen LogP contribution in [0.2, 0.25) is 0 Å². The second-order valence-corrected chi connectivity index (χ2v) is 7.99. The molecule has 0 unspecified atom stereocenters. The van der Waals surface area contributed by atoms with E-state index in [9.17, 15) is 4.79 Å². The Morgan fingerprint density at radius 1 is 1.03 bits per heavy atom. The fourth-order valence-electron chi connectivity index (χ4n) is 3.44. The highest BCUT2D eigenvalue weighted by molar-refractivity contribution is 7.98. The van der Waals surface area contributed by atoms with Crippen LogP contribution >= 0.6 is 11.8 Å². The largest absolute Gasteiger partial charge is 0.369 e. The van der Waals surface area contributed by atoms with Crippen molar-refractivity contribution < 1.29 is 9.32 Å². The maximum Gasteiger partial charge on any atom is 0.241 e. The predicted octanol–water partition coefficient (Wildman–Crippen LogP) is 3.98. The van der Waals surface area contributed by atoms with Crippen LogP contribution in [0, 0.1) is 0 Å². The lowest BCUT2D eigenvalue weighted by Gasteiger charge is -2.35. The zero-order chi connectivity index (χ0) is 20.2. The standard InChI is InChI=1S/C22H24N4O2S/c1-16(27)17-3-7-19(8-4-17)26-13-11-25(12-14-26)15-21-23-22(24-28-21)18-5-9-20(29-2)10-6-18/h3-10H,11-15H2,1-2H3. The molecule has 2 heterocycles. The molecule has 1 aliphatic rings. The van der Waals surface area contributed by atoms with Crippen LogP contribution < -0.4 is 4.90 Å². The molecule has 6 nitrogen and oxygen atoms in total. The van der Waals surface area contributed by atoms with Crippen molar-refractivity contribution in [2.24, 2.45) is 0 Å². The zero-order valence-electron chi connectivity index (χ0n) is 16.7. The van der Waals surface area contributed by atoms with Crippen LogP contribution in [0.1, 0.15) is 23.2 Å². The minimum Gasteiger partial charge on any atom is -0.369 e. The summed E-state index contributed by atoms with van der Waals surface area (Å²) in [5.74, 6) is 1.38. The number of Topliss-reactive ketones (excluding diaryl/α,β-unsaturated/α-hetero) is 1. The van der Waals surface area contributed by atoms with Crippen molar-refractivity contribution in [1.29, 1.82) is 0 Å². The van der Waals surface area contributed by atoms with E-state index >= 15 is 0 Å². The number of nitrogens with zero attached hydrogens (tertiary/aromatic N) is 4. The summed E-state index contributed by atoms with van der Waals surface area (Å²) >= 11 is 1.71. The maximum absolute atomic E-state index is 11.4. The SMILES string of the molecule is CSc1ccc(-c2noc(CN3CCN(c4ccc(C(C)=O)cc4)CC3)n2)cc1. The topological polar surface area (TPSA) is 62.5 Å². The van der Waals surface area contributed by atoms with Gasteiger partial charge in [0.2, 0.25) is 11.7 Å². The van der Waals surface area contributed by atoms with Crippen LogP contribution in [-0.2, 0) is 6.54 Å². The summed E-state index contributed by atoms with van der Waals surface area (Å²) in [6, 6.07) is 16.0. The fraction of sp³-hybridized carbons (Fsp3) is 0.318. The average molecular weight is 409 g/mol. The number of hydrogen-bond donors (Lipinski definition) is 0. The minimum absolute atomic E-state index is 0.0977. The third-order valence-electron chi connectivity index (χ3n) is 5.19. The van der Waals surface area contributed by atoms with E-state index in [0.29, 0.717) is 18.3 Å². The van der Waals surface area contributed by atoms with E-state index < -0.39 is 0 Å². The van der Waals surface area contributed by atoms with Crippen LogP contribution in [0.3, 0.4) is 0 Å². The summed E-state index contributed by atoms with van der Waals surface area (Å²) in [5.41, 5.74) is 2.88. The number of benzene rings is 2. The molecule has 150 valence electrons. The van der Waals surface area contributed by atoms with Crippen LogP contribution in [0.5, 0.6) is 0 Å². The molecule has 2 aromatic carbocycles. The quantitative estimate of drug-likeness (QED) is 0.451. The van der Waals surface area contributed by atoms with E-state index in [4.69, 9.17) is 4.52 Å². The molecule has 3 aromatic rings. The third-order valence-corrected chi connectivity index (χ3v) is 5.93. The number of thioether (sulfide) groups is 1. The minimum atomic E-state index is 0.0977. The lowest BCUT2D eigenvalue weighted by Crippen LogP contribution is -2.46. The molecule has 1 fully saturated rings. The number of carbonyl (C=O) groups is 1. The van der Waals surface area contributed by atoms with Crippen LogP contribution in [0.25, 0.3) is 11.4 Å². The molecular formula is C22H24N4O2S. The number of hydrogen-bond acceptors (Lipinski definition) is 7. The van der Waals surface area contributed by atoms with E-state index in [1.165, 1.54) is 4.90 Å². The summed E-state index contributed by atoms with van der Waals surface area (Å²) in [4.78, 5) is 21.9. The molecule has 1 saturated heterocycles. The first kappa shape index (κ1) is 19.7. The second kappa shape index (κ2) is 8.80. The molecule has 0 aliphatic carbocycles. The summed E-state index contributed by atoms with van der Waals surface area (Å²) < 4.78 is 5.47. The first-order valence-corrected chi connectivity index (χ1v) is 10.9. The normalized spacial score (nSPS) is 14.9. The van der Waals surface area contributed by atoms with Crippen LogP contribution in [0.15, 0.2) is 57.9 Å². The second-order valence-electron chi connectivity index (χ2n) is 7.11. The number of aromatic nitrogens is 2. The molecule has 0 spiro atoms. The Kier molecular flexibility index (Phi) is 5.97. The van der Waals surface area contributed by atoms with E-state index in [1.807, 2.05) is 36.4 Å². The highest BCUT2D eigenvalue weighted by Crippen LogP contribution is 2.22. The van der Waals surface area contributed by atoms with Gasteiger partial charge in [0, 0.05) is 47.9 Å². The molecule has 0 atom stereocenters. The highest BCUT2D eigenvalue weighted by atomic mass is 32.2. The van der Waals surface area contributed by atoms with Gasteiger partial charge in [0.15, 0.2) is 5.78 Å². The molecule has 0 bridgehead atoms. The Balaban J connectivity index is 1.32. The van der Waals surface area contributed by atoms with Gasteiger partial charge < -0.3 is 9.42 Å². The van der Waals surface area contributed by atoms with Gasteiger partial charge in [-0.15, -0.1) is 11.8 Å². The van der Waals surface area contributed by atoms with Gasteiger partial charge in [0.05, 0.1) is 6.54 Å². The Bertz CT molecular complexity index is 961. The predicted molar refractivity (Wildman–Crippen MR) is 115 cm³/mol. The average Bonchev–Trinajstić information content (AvgIpc) is 3.23. The molecule has 1 aromatic heterocycles. The molecule has 1 aliphatic heterocycles. The zero-order valence-corrected chi connectivity index (χ0v) is 17.5. The Morgan fingerprint density at radius 3 is 2.34 bits per heavy atom.